The first-order valence-corrected chi connectivity index (χ1v) is 11.6. The predicted molar refractivity (Wildman–Crippen MR) is 124 cm³/mol. The van der Waals surface area contributed by atoms with E-state index in [1.165, 1.54) is 5.56 Å². The van der Waals surface area contributed by atoms with Crippen molar-refractivity contribution in [1.29, 1.82) is 0 Å². The number of thioether (sulfide) groups is 1. The van der Waals surface area contributed by atoms with Crippen molar-refractivity contribution in [2.45, 2.75) is 30.3 Å². The molecule has 0 aliphatic carbocycles. The molecule has 152 valence electrons. The Kier molecular flexibility index (Phi) is 8.48. The summed E-state index contributed by atoms with van der Waals surface area (Å²) >= 11 is 17.2. The highest BCUT2D eigenvalue weighted by molar-refractivity contribution is 9.10. The van der Waals surface area contributed by atoms with Gasteiger partial charge in [0.05, 0.1) is 11.6 Å². The fraction of sp³-hybridized carbons (Fsp3) is 0.238. The summed E-state index contributed by atoms with van der Waals surface area (Å²) in [6.45, 7) is 5.06. The van der Waals surface area contributed by atoms with E-state index >= 15 is 0 Å². The summed E-state index contributed by atoms with van der Waals surface area (Å²) in [4.78, 5) is 0. The Morgan fingerprint density at radius 1 is 1.17 bits per heavy atom. The summed E-state index contributed by atoms with van der Waals surface area (Å²) in [5.41, 5.74) is 1.23. The molecular weight excluding hydrogens is 493 g/mol. The van der Waals surface area contributed by atoms with Crippen LogP contribution in [0.3, 0.4) is 0 Å². The summed E-state index contributed by atoms with van der Waals surface area (Å²) in [7, 11) is 0. The highest BCUT2D eigenvalue weighted by atomic mass is 79.9. The second-order valence-corrected chi connectivity index (χ2v) is 8.95. The fourth-order valence-corrected chi connectivity index (χ4v) is 4.52. The number of aryl methyl sites for hydroxylation is 1. The molecule has 0 atom stereocenters. The van der Waals surface area contributed by atoms with E-state index in [0.29, 0.717) is 28.9 Å². The van der Waals surface area contributed by atoms with Crippen LogP contribution in [-0.4, -0.2) is 21.4 Å². The molecule has 1 heterocycles. The fourth-order valence-electron chi connectivity index (χ4n) is 2.70. The van der Waals surface area contributed by atoms with Crippen LogP contribution in [0.25, 0.3) is 0 Å². The molecule has 0 saturated carbocycles. The minimum absolute atomic E-state index is 0.513. The Morgan fingerprint density at radius 2 is 2.03 bits per heavy atom. The van der Waals surface area contributed by atoms with Gasteiger partial charge in [-0.05, 0) is 42.3 Å². The standard InChI is InChI=1S/C21H20BrCl2N3OS/c1-2-10-27-20(7-4-11-28-19-9-8-17(23)13-18(19)24)25-26-21(27)29-14-15-5-3-6-16(22)12-15/h2-3,5-6,8-9,12-13H,1,4,7,10-11,14H2. The van der Waals surface area contributed by atoms with E-state index in [2.05, 4.69) is 49.4 Å². The highest BCUT2D eigenvalue weighted by Crippen LogP contribution is 2.28. The molecule has 0 amide bonds. The van der Waals surface area contributed by atoms with Crippen molar-refractivity contribution in [1.82, 2.24) is 14.8 Å². The van der Waals surface area contributed by atoms with Crippen LogP contribution in [0.5, 0.6) is 5.75 Å². The van der Waals surface area contributed by atoms with E-state index in [0.717, 1.165) is 34.0 Å². The maximum atomic E-state index is 6.14. The number of halogens is 3. The molecule has 1 aromatic heterocycles. The number of allylic oxidation sites excluding steroid dienone is 1. The summed E-state index contributed by atoms with van der Waals surface area (Å²) in [5.74, 6) is 2.38. The topological polar surface area (TPSA) is 39.9 Å². The Balaban J connectivity index is 1.57. The van der Waals surface area contributed by atoms with Crippen molar-refractivity contribution in [3.63, 3.8) is 0 Å². The molecule has 0 N–H and O–H groups in total. The van der Waals surface area contributed by atoms with Crippen LogP contribution in [0, 0.1) is 0 Å². The molecular formula is C21H20BrCl2N3OS. The maximum absolute atomic E-state index is 6.14. The van der Waals surface area contributed by atoms with Gasteiger partial charge in [-0.3, -0.25) is 0 Å². The van der Waals surface area contributed by atoms with E-state index in [1.807, 2.05) is 18.2 Å². The van der Waals surface area contributed by atoms with Crippen LogP contribution < -0.4 is 4.74 Å². The van der Waals surface area contributed by atoms with Crippen molar-refractivity contribution in [2.75, 3.05) is 6.61 Å². The minimum Gasteiger partial charge on any atom is -0.492 e. The van der Waals surface area contributed by atoms with Crippen LogP contribution in [0.15, 0.2) is 64.7 Å². The van der Waals surface area contributed by atoms with Crippen LogP contribution in [0.1, 0.15) is 17.8 Å². The van der Waals surface area contributed by atoms with Gasteiger partial charge in [0, 0.05) is 28.2 Å². The summed E-state index contributed by atoms with van der Waals surface area (Å²) in [6, 6.07) is 13.5. The molecule has 0 unspecified atom stereocenters. The largest absolute Gasteiger partial charge is 0.492 e. The zero-order chi connectivity index (χ0) is 20.6. The number of ether oxygens (including phenoxy) is 1. The van der Waals surface area contributed by atoms with E-state index in [1.54, 1.807) is 30.0 Å². The van der Waals surface area contributed by atoms with E-state index < -0.39 is 0 Å². The summed E-state index contributed by atoms with van der Waals surface area (Å²) in [6.07, 6.45) is 3.41. The lowest BCUT2D eigenvalue weighted by molar-refractivity contribution is 0.309. The zero-order valence-corrected chi connectivity index (χ0v) is 19.6. The molecule has 29 heavy (non-hydrogen) atoms. The molecule has 0 aliphatic rings. The van der Waals surface area contributed by atoms with Gasteiger partial charge >= 0.3 is 0 Å². The van der Waals surface area contributed by atoms with Crippen molar-refractivity contribution in [3.8, 4) is 5.75 Å². The Labute approximate surface area is 193 Å². The molecule has 0 saturated heterocycles. The van der Waals surface area contributed by atoms with Gasteiger partial charge in [-0.25, -0.2) is 0 Å². The summed E-state index contributed by atoms with van der Waals surface area (Å²) < 4.78 is 8.93. The van der Waals surface area contributed by atoms with Gasteiger partial charge in [-0.1, -0.05) is 69.1 Å². The third-order valence-electron chi connectivity index (χ3n) is 4.06. The molecule has 0 spiro atoms. The van der Waals surface area contributed by atoms with E-state index in [9.17, 15) is 0 Å². The molecule has 0 bridgehead atoms. The van der Waals surface area contributed by atoms with Crippen LogP contribution in [0.4, 0.5) is 0 Å². The molecule has 8 heteroatoms. The molecule has 3 rings (SSSR count). The molecule has 4 nitrogen and oxygen atoms in total. The molecule has 0 radical (unpaired) electrons. The number of benzene rings is 2. The van der Waals surface area contributed by atoms with Gasteiger partial charge < -0.3 is 9.30 Å². The SMILES string of the molecule is C=CCn1c(CCCOc2ccc(Cl)cc2Cl)nnc1SCc1cccc(Br)c1. The lowest BCUT2D eigenvalue weighted by atomic mass is 10.2. The first-order valence-electron chi connectivity index (χ1n) is 9.05. The zero-order valence-electron chi connectivity index (χ0n) is 15.7. The Morgan fingerprint density at radius 3 is 2.79 bits per heavy atom. The van der Waals surface area contributed by atoms with Crippen LogP contribution in [-0.2, 0) is 18.7 Å². The average Bonchev–Trinajstić information content (AvgIpc) is 3.07. The normalized spacial score (nSPS) is 10.9. The predicted octanol–water partition coefficient (Wildman–Crippen LogP) is 6.84. The summed E-state index contributed by atoms with van der Waals surface area (Å²) in [5, 5.41) is 10.7. The first-order chi connectivity index (χ1) is 14.1. The third-order valence-corrected chi connectivity index (χ3v) is 6.12. The van der Waals surface area contributed by atoms with Gasteiger partial charge in [-0.15, -0.1) is 16.8 Å². The maximum Gasteiger partial charge on any atom is 0.191 e. The highest BCUT2D eigenvalue weighted by Gasteiger charge is 2.12. The van der Waals surface area contributed by atoms with Crippen molar-refractivity contribution >= 4 is 50.9 Å². The Hall–Kier alpha value is -1.47. The third kappa shape index (κ3) is 6.51. The van der Waals surface area contributed by atoms with Gasteiger partial charge in [0.1, 0.15) is 11.6 Å². The number of aromatic nitrogens is 3. The number of nitrogens with zero attached hydrogens (tertiary/aromatic N) is 3. The lowest BCUT2D eigenvalue weighted by Gasteiger charge is -2.10. The first kappa shape index (κ1) is 22.2. The van der Waals surface area contributed by atoms with Crippen molar-refractivity contribution in [2.24, 2.45) is 0 Å². The quantitative estimate of drug-likeness (QED) is 0.169. The van der Waals surface area contributed by atoms with Gasteiger partial charge in [0.2, 0.25) is 0 Å². The van der Waals surface area contributed by atoms with Gasteiger partial charge in [0.15, 0.2) is 5.16 Å². The van der Waals surface area contributed by atoms with Crippen LogP contribution in [0.2, 0.25) is 10.0 Å². The average molecular weight is 513 g/mol. The molecule has 0 fully saturated rings. The van der Waals surface area contributed by atoms with Gasteiger partial charge in [0.25, 0.3) is 0 Å². The second-order valence-electron chi connectivity index (χ2n) is 6.24. The minimum atomic E-state index is 0.513. The molecule has 3 aromatic rings. The number of hydrogen-bond donors (Lipinski definition) is 0. The van der Waals surface area contributed by atoms with Crippen molar-refractivity contribution < 1.29 is 4.74 Å². The molecule has 0 aliphatic heterocycles. The van der Waals surface area contributed by atoms with Crippen LogP contribution >= 0.6 is 50.9 Å². The second kappa shape index (κ2) is 11.1. The van der Waals surface area contributed by atoms with E-state index in [-0.39, 0.29) is 0 Å². The smallest absolute Gasteiger partial charge is 0.191 e. The molecule has 2 aromatic carbocycles. The van der Waals surface area contributed by atoms with Crippen molar-refractivity contribution in [3.05, 3.63) is 81.0 Å². The number of hydrogen-bond acceptors (Lipinski definition) is 4. The lowest BCUT2D eigenvalue weighted by Crippen LogP contribution is -2.07. The number of rotatable bonds is 10. The Bertz CT molecular complexity index is 980. The van der Waals surface area contributed by atoms with E-state index in [4.69, 9.17) is 27.9 Å². The monoisotopic (exact) mass is 511 g/mol. The van der Waals surface area contributed by atoms with Gasteiger partial charge in [-0.2, -0.15) is 0 Å².